The molecule has 0 aliphatic carbocycles. The Morgan fingerprint density at radius 3 is 2.45 bits per heavy atom. The molecule has 0 heteroatoms. The van der Waals surface area contributed by atoms with Crippen LogP contribution in [-0.2, 0) is 0 Å². The molecular weight excluding hydrogens is 132 g/mol. The Morgan fingerprint density at radius 1 is 1.27 bits per heavy atom. The van der Waals surface area contributed by atoms with Gasteiger partial charge in [0.25, 0.3) is 0 Å². The van der Waals surface area contributed by atoms with Crippen LogP contribution in [0, 0.1) is 13.0 Å². The van der Waals surface area contributed by atoms with E-state index in [-0.39, 0.29) is 0 Å². The Hall–Kier alpha value is -1.04. The van der Waals surface area contributed by atoms with E-state index in [1.54, 1.807) is 0 Å². The fourth-order valence-electron chi connectivity index (χ4n) is 0.870. The first-order chi connectivity index (χ1) is 5.33. The molecule has 0 amide bonds. The first kappa shape index (κ1) is 8.06. The monoisotopic (exact) mass is 145 g/mol. The van der Waals surface area contributed by atoms with Gasteiger partial charge in [-0.05, 0) is 25.0 Å². The standard InChI is InChI=1S/C11H13/c1-3-4-5-11-8-6-10(2)7-9-11/h4,6-9H,3H2,1-2H3. The lowest BCUT2D eigenvalue weighted by Gasteiger charge is -1.92. The molecule has 0 aliphatic heterocycles. The molecule has 0 nitrogen and oxygen atoms in total. The predicted octanol–water partition coefficient (Wildman–Crippen LogP) is 3.11. The van der Waals surface area contributed by atoms with Crippen molar-refractivity contribution in [3.63, 3.8) is 0 Å². The summed E-state index contributed by atoms with van der Waals surface area (Å²) in [5.74, 6) is 0. The molecule has 0 N–H and O–H groups in total. The maximum Gasteiger partial charge on any atom is -0.0149 e. The molecule has 0 aromatic heterocycles. The van der Waals surface area contributed by atoms with Crippen molar-refractivity contribution in [1.82, 2.24) is 0 Å². The Kier molecular flexibility index (Phi) is 2.91. The molecular formula is C11H13. The van der Waals surface area contributed by atoms with Crippen molar-refractivity contribution in [3.8, 4) is 0 Å². The third kappa shape index (κ3) is 2.58. The van der Waals surface area contributed by atoms with E-state index in [4.69, 9.17) is 0 Å². The lowest BCUT2D eigenvalue weighted by Crippen LogP contribution is -1.74. The highest BCUT2D eigenvalue weighted by Crippen LogP contribution is 2.02. The second kappa shape index (κ2) is 3.97. The van der Waals surface area contributed by atoms with Gasteiger partial charge in [-0.1, -0.05) is 42.8 Å². The van der Waals surface area contributed by atoms with Gasteiger partial charge < -0.3 is 0 Å². The van der Waals surface area contributed by atoms with Crippen LogP contribution in [0.1, 0.15) is 24.5 Å². The molecule has 0 heterocycles. The molecule has 1 aromatic rings. The third-order valence-corrected chi connectivity index (χ3v) is 1.52. The summed E-state index contributed by atoms with van der Waals surface area (Å²) in [4.78, 5) is 0. The predicted molar refractivity (Wildman–Crippen MR) is 48.4 cm³/mol. The van der Waals surface area contributed by atoms with Crippen molar-refractivity contribution in [2.24, 2.45) is 0 Å². The highest BCUT2D eigenvalue weighted by Gasteiger charge is 1.84. The van der Waals surface area contributed by atoms with Crippen LogP contribution in [0.2, 0.25) is 0 Å². The Labute approximate surface area is 68.6 Å². The normalized spacial score (nSPS) is 10.7. The van der Waals surface area contributed by atoms with Crippen molar-refractivity contribution < 1.29 is 0 Å². The summed E-state index contributed by atoms with van der Waals surface area (Å²) >= 11 is 0. The van der Waals surface area contributed by atoms with Gasteiger partial charge in [-0.25, -0.2) is 0 Å². The van der Waals surface area contributed by atoms with Gasteiger partial charge in [0.2, 0.25) is 0 Å². The van der Waals surface area contributed by atoms with E-state index in [0.717, 1.165) is 12.0 Å². The average Bonchev–Trinajstić information content (AvgIpc) is 2.04. The number of aryl methyl sites for hydroxylation is 1. The summed E-state index contributed by atoms with van der Waals surface area (Å²) in [6.45, 7) is 4.20. The van der Waals surface area contributed by atoms with Crippen molar-refractivity contribution in [2.75, 3.05) is 0 Å². The molecule has 57 valence electrons. The summed E-state index contributed by atoms with van der Waals surface area (Å²) in [5.41, 5.74) is 2.46. The van der Waals surface area contributed by atoms with E-state index in [1.165, 1.54) is 5.56 Å². The van der Waals surface area contributed by atoms with E-state index >= 15 is 0 Å². The zero-order valence-electron chi connectivity index (χ0n) is 7.09. The van der Waals surface area contributed by atoms with Crippen LogP contribution < -0.4 is 0 Å². The van der Waals surface area contributed by atoms with Crippen LogP contribution in [0.4, 0.5) is 0 Å². The van der Waals surface area contributed by atoms with E-state index in [9.17, 15) is 0 Å². The zero-order chi connectivity index (χ0) is 8.10. The maximum absolute atomic E-state index is 3.20. The lowest BCUT2D eigenvalue weighted by molar-refractivity contribution is 1.21. The van der Waals surface area contributed by atoms with Crippen LogP contribution in [0.3, 0.4) is 0 Å². The molecule has 0 fully saturated rings. The van der Waals surface area contributed by atoms with Crippen molar-refractivity contribution >= 4 is 0 Å². The van der Waals surface area contributed by atoms with Crippen LogP contribution in [0.5, 0.6) is 0 Å². The van der Waals surface area contributed by atoms with Crippen molar-refractivity contribution in [1.29, 1.82) is 0 Å². The van der Waals surface area contributed by atoms with Crippen LogP contribution >= 0.6 is 0 Å². The second-order valence-corrected chi connectivity index (χ2v) is 2.62. The smallest absolute Gasteiger partial charge is 0.0149 e. The number of hydrogen-bond acceptors (Lipinski definition) is 0. The molecule has 0 unspecified atom stereocenters. The van der Waals surface area contributed by atoms with Crippen LogP contribution in [-0.4, -0.2) is 0 Å². The van der Waals surface area contributed by atoms with Gasteiger partial charge in [0.15, 0.2) is 0 Å². The van der Waals surface area contributed by atoms with Gasteiger partial charge in [-0.15, -0.1) is 0 Å². The summed E-state index contributed by atoms with van der Waals surface area (Å²) in [6.07, 6.45) is 6.29. The number of allylic oxidation sites excluding steroid dienone is 1. The van der Waals surface area contributed by atoms with Gasteiger partial charge in [0, 0.05) is 0 Å². The quantitative estimate of drug-likeness (QED) is 0.599. The van der Waals surface area contributed by atoms with Crippen molar-refractivity contribution in [3.05, 3.63) is 47.5 Å². The molecule has 0 spiro atoms. The van der Waals surface area contributed by atoms with Gasteiger partial charge in [-0.2, -0.15) is 0 Å². The van der Waals surface area contributed by atoms with E-state index in [2.05, 4.69) is 44.2 Å². The SMILES string of the molecule is CC/C=[C]\c1ccc(C)cc1. The molecule has 0 saturated heterocycles. The summed E-state index contributed by atoms with van der Waals surface area (Å²) < 4.78 is 0. The van der Waals surface area contributed by atoms with Gasteiger partial charge in [-0.3, -0.25) is 0 Å². The number of hydrogen-bond donors (Lipinski definition) is 0. The van der Waals surface area contributed by atoms with E-state index < -0.39 is 0 Å². The van der Waals surface area contributed by atoms with E-state index in [1.807, 2.05) is 6.08 Å². The molecule has 0 atom stereocenters. The van der Waals surface area contributed by atoms with Crippen LogP contribution in [0.25, 0.3) is 0 Å². The lowest BCUT2D eigenvalue weighted by atomic mass is 10.1. The van der Waals surface area contributed by atoms with Crippen molar-refractivity contribution in [2.45, 2.75) is 20.3 Å². The number of rotatable bonds is 2. The first-order valence-electron chi connectivity index (χ1n) is 3.98. The first-order valence-corrected chi connectivity index (χ1v) is 3.98. The topological polar surface area (TPSA) is 0 Å². The summed E-state index contributed by atoms with van der Waals surface area (Å²) in [5, 5.41) is 0. The highest BCUT2D eigenvalue weighted by molar-refractivity contribution is 5.25. The zero-order valence-corrected chi connectivity index (χ0v) is 7.09. The van der Waals surface area contributed by atoms with Gasteiger partial charge in [0.1, 0.15) is 0 Å². The largest absolute Gasteiger partial charge is 0.0763 e. The fraction of sp³-hybridized carbons (Fsp3) is 0.273. The Morgan fingerprint density at radius 2 is 1.91 bits per heavy atom. The molecule has 1 radical (unpaired) electrons. The van der Waals surface area contributed by atoms with Gasteiger partial charge >= 0.3 is 0 Å². The molecule has 1 rings (SSSR count). The summed E-state index contributed by atoms with van der Waals surface area (Å²) in [7, 11) is 0. The molecule has 0 bridgehead atoms. The number of benzene rings is 1. The Balaban J connectivity index is 2.73. The van der Waals surface area contributed by atoms with Crippen LogP contribution in [0.15, 0.2) is 30.3 Å². The minimum atomic E-state index is 1.05. The minimum absolute atomic E-state index is 1.05. The molecule has 0 saturated carbocycles. The fourth-order valence-corrected chi connectivity index (χ4v) is 0.870. The second-order valence-electron chi connectivity index (χ2n) is 2.62. The van der Waals surface area contributed by atoms with E-state index in [0.29, 0.717) is 0 Å². The average molecular weight is 145 g/mol. The molecule has 11 heavy (non-hydrogen) atoms. The maximum atomic E-state index is 3.20. The highest BCUT2D eigenvalue weighted by atomic mass is 13.9. The molecule has 0 aliphatic rings. The van der Waals surface area contributed by atoms with Gasteiger partial charge in [0.05, 0.1) is 0 Å². The summed E-state index contributed by atoms with van der Waals surface area (Å²) in [6, 6.07) is 8.38. The third-order valence-electron chi connectivity index (χ3n) is 1.52. The Bertz CT molecular complexity index is 229. The molecule has 1 aromatic carbocycles. The minimum Gasteiger partial charge on any atom is -0.0763 e.